The van der Waals surface area contributed by atoms with Gasteiger partial charge in [-0.15, -0.1) is 0 Å². The molecule has 0 spiro atoms. The van der Waals surface area contributed by atoms with E-state index in [1.54, 1.807) is 63.9 Å². The zero-order valence-corrected chi connectivity index (χ0v) is 21.1. The van der Waals surface area contributed by atoms with Crippen molar-refractivity contribution in [1.82, 2.24) is 4.98 Å². The predicted molar refractivity (Wildman–Crippen MR) is 132 cm³/mol. The Hall–Kier alpha value is -2.69. The quantitative estimate of drug-likeness (QED) is 0.419. The van der Waals surface area contributed by atoms with Crippen LogP contribution in [0.25, 0.3) is 10.2 Å². The van der Waals surface area contributed by atoms with Gasteiger partial charge in [0.25, 0.3) is 0 Å². The summed E-state index contributed by atoms with van der Waals surface area (Å²) in [6, 6.07) is 10.3. The van der Waals surface area contributed by atoms with Gasteiger partial charge in [-0.1, -0.05) is 30.4 Å². The van der Waals surface area contributed by atoms with Gasteiger partial charge in [0, 0.05) is 38.8 Å². The van der Waals surface area contributed by atoms with Gasteiger partial charge in [0.15, 0.2) is 26.5 Å². The minimum absolute atomic E-state index is 0.0765. The molecule has 0 amide bonds. The van der Waals surface area contributed by atoms with Crippen molar-refractivity contribution in [1.29, 1.82) is 0 Å². The van der Waals surface area contributed by atoms with Crippen molar-refractivity contribution in [2.75, 3.05) is 46.1 Å². The number of anilines is 1. The summed E-state index contributed by atoms with van der Waals surface area (Å²) < 4.78 is 39.7. The second kappa shape index (κ2) is 12.5. The molecule has 33 heavy (non-hydrogen) atoms. The summed E-state index contributed by atoms with van der Waals surface area (Å²) in [5.41, 5.74) is 1.74. The van der Waals surface area contributed by atoms with Crippen molar-refractivity contribution in [3.63, 3.8) is 0 Å². The molecule has 0 aliphatic heterocycles. The molecular weight excluding hydrogens is 464 g/mol. The van der Waals surface area contributed by atoms with Gasteiger partial charge in [-0.25, -0.2) is 13.4 Å². The number of methoxy groups -OCH3 is 3. The first-order valence-electron chi connectivity index (χ1n) is 10.3. The van der Waals surface area contributed by atoms with Crippen molar-refractivity contribution >= 4 is 42.8 Å². The van der Waals surface area contributed by atoms with Gasteiger partial charge in [0.1, 0.15) is 6.29 Å². The molecule has 180 valence electrons. The second-order valence-electron chi connectivity index (χ2n) is 6.94. The fourth-order valence-corrected chi connectivity index (χ4v) is 4.72. The van der Waals surface area contributed by atoms with E-state index in [4.69, 9.17) is 14.2 Å². The fourth-order valence-electron chi connectivity index (χ4n) is 3.01. The molecule has 1 aromatic heterocycles. The topological polar surface area (TPSA) is 104 Å². The standard InChI is InChI=1S/C13H18O4S.C10H12N2O2S/c1-3-18(15,16)13-6-4-11(5-7-13)12(10-14)8-9-17-2;1-11-10-12-6-4-7(13-2)8(14-3)5-9(6)15-10/h4-7,10,12H,3,8-9H2,1-2H3;4-5H,1-3H3,(H,11,12). The second-order valence-corrected chi connectivity index (χ2v) is 10.2. The number of hydrogen-bond acceptors (Lipinski definition) is 9. The van der Waals surface area contributed by atoms with Gasteiger partial charge in [-0.05, 0) is 24.1 Å². The zero-order chi connectivity index (χ0) is 24.4. The van der Waals surface area contributed by atoms with Gasteiger partial charge in [-0.2, -0.15) is 0 Å². The van der Waals surface area contributed by atoms with E-state index < -0.39 is 9.84 Å². The van der Waals surface area contributed by atoms with Crippen molar-refractivity contribution in [2.24, 2.45) is 0 Å². The molecule has 0 radical (unpaired) electrons. The Balaban J connectivity index is 0.000000237. The van der Waals surface area contributed by atoms with Crippen LogP contribution in [-0.4, -0.2) is 60.4 Å². The lowest BCUT2D eigenvalue weighted by Gasteiger charge is -2.10. The van der Waals surface area contributed by atoms with Gasteiger partial charge in [-0.3, -0.25) is 0 Å². The molecule has 2 aromatic carbocycles. The van der Waals surface area contributed by atoms with Crippen molar-refractivity contribution in [3.05, 3.63) is 42.0 Å². The maximum atomic E-state index is 11.6. The highest BCUT2D eigenvalue weighted by Gasteiger charge is 2.14. The largest absolute Gasteiger partial charge is 0.493 e. The van der Waals surface area contributed by atoms with E-state index in [-0.39, 0.29) is 11.7 Å². The zero-order valence-electron chi connectivity index (χ0n) is 19.5. The third-order valence-electron chi connectivity index (χ3n) is 4.95. The lowest BCUT2D eigenvalue weighted by atomic mass is 9.98. The van der Waals surface area contributed by atoms with Crippen LogP contribution in [0.3, 0.4) is 0 Å². The molecule has 0 aliphatic carbocycles. The number of ether oxygens (including phenoxy) is 3. The summed E-state index contributed by atoms with van der Waals surface area (Å²) in [5, 5.41) is 3.91. The maximum Gasteiger partial charge on any atom is 0.183 e. The van der Waals surface area contributed by atoms with Gasteiger partial charge < -0.3 is 24.3 Å². The van der Waals surface area contributed by atoms with Crippen LogP contribution >= 0.6 is 11.3 Å². The SMILES string of the molecule is CCS(=O)(=O)c1ccc(C(C=O)CCOC)cc1.CNc1nc2cc(OC)c(OC)cc2s1. The first-order valence-corrected chi connectivity index (χ1v) is 12.8. The van der Waals surface area contributed by atoms with Crippen LogP contribution in [0.4, 0.5) is 5.13 Å². The molecule has 0 bridgehead atoms. The first-order chi connectivity index (χ1) is 15.8. The highest BCUT2D eigenvalue weighted by Crippen LogP contribution is 2.35. The Morgan fingerprint density at radius 1 is 1.09 bits per heavy atom. The van der Waals surface area contributed by atoms with E-state index in [2.05, 4.69) is 10.3 Å². The maximum absolute atomic E-state index is 11.6. The van der Waals surface area contributed by atoms with E-state index in [1.165, 1.54) is 0 Å². The van der Waals surface area contributed by atoms with Crippen LogP contribution in [-0.2, 0) is 19.4 Å². The van der Waals surface area contributed by atoms with Crippen molar-refractivity contribution in [2.45, 2.75) is 24.2 Å². The third kappa shape index (κ3) is 6.89. The number of hydrogen-bond donors (Lipinski definition) is 1. The molecule has 8 nitrogen and oxygen atoms in total. The van der Waals surface area contributed by atoms with Crippen LogP contribution in [0, 0.1) is 0 Å². The molecule has 0 saturated heterocycles. The summed E-state index contributed by atoms with van der Waals surface area (Å²) in [7, 11) is 3.51. The van der Waals surface area contributed by atoms with Crippen LogP contribution in [0.1, 0.15) is 24.8 Å². The van der Waals surface area contributed by atoms with E-state index in [9.17, 15) is 13.2 Å². The Morgan fingerprint density at radius 2 is 1.73 bits per heavy atom. The summed E-state index contributed by atoms with van der Waals surface area (Å²) >= 11 is 1.59. The number of carbonyl (C=O) groups is 1. The van der Waals surface area contributed by atoms with Crippen LogP contribution < -0.4 is 14.8 Å². The Bertz CT molecular complexity index is 1100. The number of rotatable bonds is 10. The van der Waals surface area contributed by atoms with Crippen LogP contribution in [0.2, 0.25) is 0 Å². The summed E-state index contributed by atoms with van der Waals surface area (Å²) in [6.45, 7) is 2.11. The molecule has 0 fully saturated rings. The summed E-state index contributed by atoms with van der Waals surface area (Å²) in [5.74, 6) is 1.27. The molecule has 3 rings (SSSR count). The number of sulfone groups is 1. The number of fused-ring (bicyclic) bond motifs is 1. The number of aromatic nitrogens is 1. The third-order valence-corrected chi connectivity index (χ3v) is 7.74. The highest BCUT2D eigenvalue weighted by molar-refractivity contribution is 7.91. The molecular formula is C23H30N2O6S2. The molecule has 10 heteroatoms. The lowest BCUT2D eigenvalue weighted by Crippen LogP contribution is -2.06. The van der Waals surface area contributed by atoms with E-state index >= 15 is 0 Å². The molecule has 1 atom stereocenters. The number of aldehydes is 1. The number of benzene rings is 2. The Morgan fingerprint density at radius 3 is 2.24 bits per heavy atom. The highest BCUT2D eigenvalue weighted by atomic mass is 32.2. The molecule has 0 aliphatic rings. The predicted octanol–water partition coefficient (Wildman–Crippen LogP) is 4.15. The number of carbonyl (C=O) groups excluding carboxylic acids is 1. The molecule has 1 heterocycles. The van der Waals surface area contributed by atoms with Crippen LogP contribution in [0.15, 0.2) is 41.3 Å². The number of nitrogens with zero attached hydrogens (tertiary/aromatic N) is 1. The average Bonchev–Trinajstić information content (AvgIpc) is 3.26. The molecule has 0 saturated carbocycles. The Kier molecular flexibility index (Phi) is 10.1. The molecule has 1 unspecified atom stereocenters. The van der Waals surface area contributed by atoms with E-state index in [0.717, 1.165) is 32.9 Å². The first kappa shape index (κ1) is 26.6. The van der Waals surface area contributed by atoms with E-state index in [0.29, 0.717) is 23.7 Å². The molecule has 3 aromatic rings. The van der Waals surface area contributed by atoms with E-state index in [1.807, 2.05) is 19.2 Å². The minimum Gasteiger partial charge on any atom is -0.493 e. The average molecular weight is 495 g/mol. The van der Waals surface area contributed by atoms with Crippen molar-refractivity contribution in [3.8, 4) is 11.5 Å². The summed E-state index contributed by atoms with van der Waals surface area (Å²) in [6.07, 6.45) is 1.46. The number of thiazole rings is 1. The Labute approximate surface area is 198 Å². The lowest BCUT2D eigenvalue weighted by molar-refractivity contribution is -0.109. The fraction of sp³-hybridized carbons (Fsp3) is 0.391. The smallest absolute Gasteiger partial charge is 0.183 e. The van der Waals surface area contributed by atoms with Gasteiger partial charge in [0.05, 0.1) is 35.1 Å². The molecule has 1 N–H and O–H groups in total. The van der Waals surface area contributed by atoms with Crippen molar-refractivity contribution < 1.29 is 27.4 Å². The number of nitrogens with one attached hydrogen (secondary N) is 1. The normalized spacial score (nSPS) is 11.9. The van der Waals surface area contributed by atoms with Gasteiger partial charge in [0.2, 0.25) is 0 Å². The monoisotopic (exact) mass is 494 g/mol. The van der Waals surface area contributed by atoms with Gasteiger partial charge >= 0.3 is 0 Å². The summed E-state index contributed by atoms with van der Waals surface area (Å²) in [4.78, 5) is 15.7. The minimum atomic E-state index is -3.18. The van der Waals surface area contributed by atoms with Crippen LogP contribution in [0.5, 0.6) is 11.5 Å².